The fourth-order valence-electron chi connectivity index (χ4n) is 2.70. The van der Waals surface area contributed by atoms with Crippen LogP contribution in [0.25, 0.3) is 0 Å². The first-order valence-electron chi connectivity index (χ1n) is 7.26. The molecule has 0 aromatic carbocycles. The summed E-state index contributed by atoms with van der Waals surface area (Å²) in [6.07, 6.45) is 2.86. The Morgan fingerprint density at radius 3 is 2.73 bits per heavy atom. The number of hydrogen-bond donors (Lipinski definition) is 1. The molecular weight excluding hydrogens is 306 g/mol. The summed E-state index contributed by atoms with van der Waals surface area (Å²) in [5, 5.41) is 15.3. The maximum atomic E-state index is 11.7. The molecule has 1 fully saturated rings. The molecular formula is C12H19N7O2S. The van der Waals surface area contributed by atoms with Crippen molar-refractivity contribution in [1.82, 2.24) is 30.3 Å². The van der Waals surface area contributed by atoms with Gasteiger partial charge in [-0.1, -0.05) is 19.0 Å². The molecule has 2 aromatic rings. The van der Waals surface area contributed by atoms with E-state index in [0.717, 1.165) is 0 Å². The molecule has 3 rings (SSSR count). The average Bonchev–Trinajstić information content (AvgIpc) is 3.11. The van der Waals surface area contributed by atoms with Gasteiger partial charge in [-0.2, -0.15) is 4.98 Å². The number of aromatic nitrogens is 6. The largest absolute Gasteiger partial charge is 0.337 e. The third-order valence-electron chi connectivity index (χ3n) is 3.95. The highest BCUT2D eigenvalue weighted by Gasteiger charge is 2.30. The summed E-state index contributed by atoms with van der Waals surface area (Å²) in [4.78, 5) is 4.51. The van der Waals surface area contributed by atoms with E-state index in [0.29, 0.717) is 36.1 Å². The zero-order valence-electron chi connectivity index (χ0n) is 12.5. The minimum absolute atomic E-state index is 0.110. The third-order valence-corrected chi connectivity index (χ3v) is 5.74. The summed E-state index contributed by atoms with van der Waals surface area (Å²) in [5.41, 5.74) is 0. The highest BCUT2D eigenvalue weighted by molar-refractivity contribution is 7.92. The Labute approximate surface area is 128 Å². The Hall–Kier alpha value is -1.84. The Bertz CT molecular complexity index is 709. The van der Waals surface area contributed by atoms with E-state index in [2.05, 4.69) is 25.7 Å². The first kappa shape index (κ1) is 15.1. The van der Waals surface area contributed by atoms with Crippen LogP contribution in [0.5, 0.6) is 0 Å². The first-order valence-corrected chi connectivity index (χ1v) is 9.16. The van der Waals surface area contributed by atoms with Gasteiger partial charge in [-0.3, -0.25) is 4.78 Å². The minimum atomic E-state index is -2.40. The van der Waals surface area contributed by atoms with Crippen LogP contribution in [0.4, 0.5) is 0 Å². The Morgan fingerprint density at radius 2 is 2.14 bits per heavy atom. The lowest BCUT2D eigenvalue weighted by molar-refractivity contribution is 0.279. The molecule has 2 aromatic heterocycles. The predicted molar refractivity (Wildman–Crippen MR) is 77.7 cm³/mol. The SMILES string of the molecule is CC(C)C(c1nc(C2CCS(=N)(=O)CC2)no1)n1cnnn1. The van der Waals surface area contributed by atoms with Gasteiger partial charge in [0.25, 0.3) is 5.89 Å². The molecule has 22 heavy (non-hydrogen) atoms. The van der Waals surface area contributed by atoms with E-state index in [9.17, 15) is 4.21 Å². The van der Waals surface area contributed by atoms with Gasteiger partial charge in [0.1, 0.15) is 12.4 Å². The zero-order valence-corrected chi connectivity index (χ0v) is 13.4. The van der Waals surface area contributed by atoms with Crippen molar-refractivity contribution < 1.29 is 8.73 Å². The molecule has 1 N–H and O–H groups in total. The summed E-state index contributed by atoms with van der Waals surface area (Å²) in [7, 11) is -2.40. The van der Waals surface area contributed by atoms with Crippen LogP contribution in [0.15, 0.2) is 10.9 Å². The lowest BCUT2D eigenvalue weighted by Crippen LogP contribution is -2.22. The van der Waals surface area contributed by atoms with E-state index in [1.807, 2.05) is 13.8 Å². The van der Waals surface area contributed by atoms with Gasteiger partial charge in [0, 0.05) is 27.2 Å². The smallest absolute Gasteiger partial charge is 0.251 e. The van der Waals surface area contributed by atoms with E-state index in [1.165, 1.54) is 6.33 Å². The molecule has 0 bridgehead atoms. The molecule has 9 nitrogen and oxygen atoms in total. The summed E-state index contributed by atoms with van der Waals surface area (Å²) >= 11 is 0. The molecule has 1 aliphatic rings. The molecule has 0 aliphatic carbocycles. The molecule has 0 saturated carbocycles. The molecule has 3 heterocycles. The standard InChI is InChI=1S/C12H19N7O2S/c1-8(2)10(19-7-14-17-18-19)12-15-11(16-21-12)9-3-5-22(13,20)6-4-9/h7-10,13H,3-6H2,1-2H3. The van der Waals surface area contributed by atoms with Crippen LogP contribution in [0.3, 0.4) is 0 Å². The van der Waals surface area contributed by atoms with Crippen molar-refractivity contribution in [3.63, 3.8) is 0 Å². The monoisotopic (exact) mass is 325 g/mol. The maximum Gasteiger partial charge on any atom is 0.251 e. The summed E-state index contributed by atoms with van der Waals surface area (Å²) < 4.78 is 26.4. The van der Waals surface area contributed by atoms with E-state index >= 15 is 0 Å². The molecule has 1 saturated heterocycles. The molecule has 10 heteroatoms. The molecule has 1 unspecified atom stereocenters. The second-order valence-corrected chi connectivity index (χ2v) is 8.40. The summed E-state index contributed by atoms with van der Waals surface area (Å²) in [5.74, 6) is 2.22. The van der Waals surface area contributed by atoms with Gasteiger partial charge in [0.2, 0.25) is 0 Å². The van der Waals surface area contributed by atoms with Gasteiger partial charge in [-0.15, -0.1) is 5.10 Å². The lowest BCUT2D eigenvalue weighted by atomic mass is 10.0. The molecule has 0 radical (unpaired) electrons. The Morgan fingerprint density at radius 1 is 1.41 bits per heavy atom. The molecule has 0 amide bonds. The molecule has 120 valence electrons. The first-order chi connectivity index (χ1) is 10.5. The van der Waals surface area contributed by atoms with Gasteiger partial charge in [-0.05, 0) is 29.2 Å². The van der Waals surface area contributed by atoms with Crippen LogP contribution in [0, 0.1) is 10.7 Å². The third kappa shape index (κ3) is 3.01. The zero-order chi connectivity index (χ0) is 15.7. The Balaban J connectivity index is 1.81. The van der Waals surface area contributed by atoms with E-state index in [4.69, 9.17) is 9.30 Å². The van der Waals surface area contributed by atoms with Crippen LogP contribution < -0.4 is 0 Å². The van der Waals surface area contributed by atoms with Crippen molar-refractivity contribution in [1.29, 1.82) is 4.78 Å². The number of nitrogens with zero attached hydrogens (tertiary/aromatic N) is 6. The van der Waals surface area contributed by atoms with Crippen molar-refractivity contribution in [2.45, 2.75) is 38.6 Å². The van der Waals surface area contributed by atoms with Gasteiger partial charge in [-0.25, -0.2) is 8.89 Å². The van der Waals surface area contributed by atoms with Crippen LogP contribution in [-0.4, -0.2) is 46.1 Å². The predicted octanol–water partition coefficient (Wildman–Crippen LogP) is 1.23. The van der Waals surface area contributed by atoms with Crippen molar-refractivity contribution in [2.24, 2.45) is 5.92 Å². The molecule has 1 atom stereocenters. The van der Waals surface area contributed by atoms with Crippen molar-refractivity contribution >= 4 is 9.73 Å². The van der Waals surface area contributed by atoms with E-state index < -0.39 is 9.73 Å². The van der Waals surface area contributed by atoms with Gasteiger partial charge in [0.15, 0.2) is 5.82 Å². The second kappa shape index (κ2) is 5.75. The normalized spacial score (nSPS) is 27.1. The summed E-state index contributed by atoms with van der Waals surface area (Å²) in [6.45, 7) is 4.07. The van der Waals surface area contributed by atoms with Gasteiger partial charge in [0.05, 0.1) is 0 Å². The Kier molecular flexibility index (Phi) is 3.94. The van der Waals surface area contributed by atoms with Crippen molar-refractivity contribution in [3.05, 3.63) is 18.0 Å². The van der Waals surface area contributed by atoms with Gasteiger partial charge < -0.3 is 4.52 Å². The fraction of sp³-hybridized carbons (Fsp3) is 0.750. The van der Waals surface area contributed by atoms with E-state index in [-0.39, 0.29) is 17.9 Å². The maximum absolute atomic E-state index is 11.7. The lowest BCUT2D eigenvalue weighted by Gasteiger charge is -2.20. The number of nitrogens with one attached hydrogen (secondary N) is 1. The number of hydrogen-bond acceptors (Lipinski definition) is 8. The molecule has 1 aliphatic heterocycles. The average molecular weight is 325 g/mol. The van der Waals surface area contributed by atoms with Crippen LogP contribution in [0.2, 0.25) is 0 Å². The minimum Gasteiger partial charge on any atom is -0.337 e. The van der Waals surface area contributed by atoms with Gasteiger partial charge >= 0.3 is 0 Å². The van der Waals surface area contributed by atoms with E-state index in [1.54, 1.807) is 4.68 Å². The summed E-state index contributed by atoms with van der Waals surface area (Å²) in [6, 6.07) is -0.208. The highest BCUT2D eigenvalue weighted by Crippen LogP contribution is 2.30. The van der Waals surface area contributed by atoms with Crippen LogP contribution in [0.1, 0.15) is 50.4 Å². The fourth-order valence-corrected chi connectivity index (χ4v) is 4.24. The second-order valence-electron chi connectivity index (χ2n) is 5.96. The number of tetrazole rings is 1. The van der Waals surface area contributed by atoms with Crippen molar-refractivity contribution in [3.8, 4) is 0 Å². The molecule has 0 spiro atoms. The van der Waals surface area contributed by atoms with Crippen LogP contribution >= 0.6 is 0 Å². The number of rotatable bonds is 4. The quantitative estimate of drug-likeness (QED) is 0.896. The highest BCUT2D eigenvalue weighted by atomic mass is 32.2. The van der Waals surface area contributed by atoms with Crippen molar-refractivity contribution in [2.75, 3.05) is 11.5 Å². The van der Waals surface area contributed by atoms with Crippen LogP contribution in [-0.2, 0) is 9.73 Å². The topological polar surface area (TPSA) is 123 Å².